The fourth-order valence-corrected chi connectivity index (χ4v) is 4.40. The lowest BCUT2D eigenvalue weighted by Crippen LogP contribution is -2.40. The van der Waals surface area contributed by atoms with E-state index >= 15 is 0 Å². The standard InChI is InChI=1S/C19H23N3O5S/c1-14(2)15-3-5-16(6-4-15)20-18-8-7-17(13-19(18)22(23)24)28(25,26)21-9-11-27-12-10-21/h3-8,13-14,20H,9-12H2,1-2H3. The van der Waals surface area contributed by atoms with Crippen molar-refractivity contribution in [2.75, 3.05) is 31.6 Å². The van der Waals surface area contributed by atoms with Gasteiger partial charge in [-0.05, 0) is 35.7 Å². The maximum atomic E-state index is 12.8. The molecule has 1 heterocycles. The number of nitrogens with zero attached hydrogens (tertiary/aromatic N) is 2. The predicted molar refractivity (Wildman–Crippen MR) is 106 cm³/mol. The van der Waals surface area contributed by atoms with Gasteiger partial charge in [0.05, 0.1) is 23.0 Å². The van der Waals surface area contributed by atoms with Gasteiger partial charge in [0.1, 0.15) is 5.69 Å². The summed E-state index contributed by atoms with van der Waals surface area (Å²) in [5.41, 5.74) is 1.80. The highest BCUT2D eigenvalue weighted by molar-refractivity contribution is 7.89. The second kappa shape index (κ2) is 8.26. The van der Waals surface area contributed by atoms with Gasteiger partial charge >= 0.3 is 0 Å². The van der Waals surface area contributed by atoms with Crippen molar-refractivity contribution in [3.8, 4) is 0 Å². The molecule has 0 aromatic heterocycles. The molecule has 0 radical (unpaired) electrons. The number of anilines is 2. The van der Waals surface area contributed by atoms with E-state index in [1.165, 1.54) is 16.4 Å². The molecule has 1 aliphatic rings. The van der Waals surface area contributed by atoms with Crippen LogP contribution in [0.1, 0.15) is 25.3 Å². The smallest absolute Gasteiger partial charge is 0.294 e. The maximum Gasteiger partial charge on any atom is 0.294 e. The molecule has 0 saturated carbocycles. The molecule has 3 rings (SSSR count). The zero-order valence-corrected chi connectivity index (χ0v) is 16.6. The Labute approximate surface area is 164 Å². The predicted octanol–water partition coefficient (Wildman–Crippen LogP) is 3.48. The molecule has 28 heavy (non-hydrogen) atoms. The van der Waals surface area contributed by atoms with Crippen molar-refractivity contribution < 1.29 is 18.1 Å². The van der Waals surface area contributed by atoms with Gasteiger partial charge < -0.3 is 10.1 Å². The summed E-state index contributed by atoms with van der Waals surface area (Å²) in [5.74, 6) is 0.382. The first-order chi connectivity index (χ1) is 13.3. The number of rotatable bonds is 6. The number of hydrogen-bond acceptors (Lipinski definition) is 6. The molecule has 1 saturated heterocycles. The number of ether oxygens (including phenoxy) is 1. The van der Waals surface area contributed by atoms with Crippen LogP contribution in [0.25, 0.3) is 0 Å². The van der Waals surface area contributed by atoms with Crippen molar-refractivity contribution in [2.24, 2.45) is 0 Å². The molecule has 1 fully saturated rings. The van der Waals surface area contributed by atoms with Crippen LogP contribution in [0.5, 0.6) is 0 Å². The summed E-state index contributed by atoms with van der Waals surface area (Å²) >= 11 is 0. The molecule has 0 amide bonds. The van der Waals surface area contributed by atoms with Gasteiger partial charge in [0.25, 0.3) is 5.69 Å². The molecule has 0 spiro atoms. The lowest BCUT2D eigenvalue weighted by atomic mass is 10.0. The number of hydrogen-bond donors (Lipinski definition) is 1. The van der Waals surface area contributed by atoms with Crippen LogP contribution in [-0.4, -0.2) is 43.9 Å². The van der Waals surface area contributed by atoms with E-state index in [1.54, 1.807) is 0 Å². The van der Waals surface area contributed by atoms with E-state index in [1.807, 2.05) is 24.3 Å². The summed E-state index contributed by atoms with van der Waals surface area (Å²) in [6.07, 6.45) is 0. The number of sulfonamides is 1. The third-order valence-electron chi connectivity index (χ3n) is 4.63. The minimum Gasteiger partial charge on any atom is -0.379 e. The fraction of sp³-hybridized carbons (Fsp3) is 0.368. The number of nitrogens with one attached hydrogen (secondary N) is 1. The van der Waals surface area contributed by atoms with Crippen molar-refractivity contribution in [1.29, 1.82) is 0 Å². The molecule has 0 atom stereocenters. The third-order valence-corrected chi connectivity index (χ3v) is 6.52. The average Bonchev–Trinajstić information content (AvgIpc) is 2.69. The molecule has 0 bridgehead atoms. The normalized spacial score (nSPS) is 15.5. The SMILES string of the molecule is CC(C)c1ccc(Nc2ccc(S(=O)(=O)N3CCOCC3)cc2[N+](=O)[O-])cc1. The summed E-state index contributed by atoms with van der Waals surface area (Å²) in [6.45, 7) is 5.26. The van der Waals surface area contributed by atoms with Gasteiger partial charge in [-0.15, -0.1) is 0 Å². The minimum atomic E-state index is -3.80. The van der Waals surface area contributed by atoms with E-state index < -0.39 is 14.9 Å². The Bertz CT molecular complexity index is 952. The number of nitro groups is 1. The van der Waals surface area contributed by atoms with Gasteiger partial charge in [0.15, 0.2) is 0 Å². The number of nitro benzene ring substituents is 1. The quantitative estimate of drug-likeness (QED) is 0.583. The summed E-state index contributed by atoms with van der Waals surface area (Å²) in [5, 5.41) is 14.6. The minimum absolute atomic E-state index is 0.0956. The molecular formula is C19H23N3O5S. The third kappa shape index (κ3) is 4.32. The second-order valence-corrected chi connectivity index (χ2v) is 8.79. The van der Waals surface area contributed by atoms with Gasteiger partial charge in [0, 0.05) is 24.8 Å². The summed E-state index contributed by atoms with van der Waals surface area (Å²) in [4.78, 5) is 10.9. The van der Waals surface area contributed by atoms with Crippen LogP contribution in [0, 0.1) is 10.1 Å². The summed E-state index contributed by atoms with van der Waals surface area (Å²) in [7, 11) is -3.80. The first-order valence-electron chi connectivity index (χ1n) is 9.02. The molecule has 2 aromatic carbocycles. The molecule has 8 nitrogen and oxygen atoms in total. The second-order valence-electron chi connectivity index (χ2n) is 6.85. The van der Waals surface area contributed by atoms with Crippen LogP contribution in [-0.2, 0) is 14.8 Å². The largest absolute Gasteiger partial charge is 0.379 e. The Morgan fingerprint density at radius 1 is 1.11 bits per heavy atom. The Balaban J connectivity index is 1.90. The van der Waals surface area contributed by atoms with Crippen molar-refractivity contribution in [1.82, 2.24) is 4.31 Å². The van der Waals surface area contributed by atoms with E-state index in [0.29, 0.717) is 24.8 Å². The zero-order valence-electron chi connectivity index (χ0n) is 15.8. The van der Waals surface area contributed by atoms with E-state index in [-0.39, 0.29) is 29.4 Å². The first-order valence-corrected chi connectivity index (χ1v) is 10.5. The summed E-state index contributed by atoms with van der Waals surface area (Å²) in [6, 6.07) is 11.5. The lowest BCUT2D eigenvalue weighted by molar-refractivity contribution is -0.384. The van der Waals surface area contributed by atoms with E-state index in [4.69, 9.17) is 4.74 Å². The molecule has 2 aromatic rings. The zero-order chi connectivity index (χ0) is 20.3. The average molecular weight is 405 g/mol. The number of benzene rings is 2. The highest BCUT2D eigenvalue weighted by Crippen LogP contribution is 2.32. The molecular weight excluding hydrogens is 382 g/mol. The van der Waals surface area contributed by atoms with Crippen molar-refractivity contribution >= 4 is 27.1 Å². The van der Waals surface area contributed by atoms with Gasteiger partial charge in [-0.1, -0.05) is 26.0 Å². The molecule has 1 N–H and O–H groups in total. The Morgan fingerprint density at radius 2 is 1.75 bits per heavy atom. The highest BCUT2D eigenvalue weighted by Gasteiger charge is 2.28. The van der Waals surface area contributed by atoms with Crippen LogP contribution in [0.15, 0.2) is 47.4 Å². The van der Waals surface area contributed by atoms with Crippen molar-refractivity contribution in [3.63, 3.8) is 0 Å². The molecule has 0 unspecified atom stereocenters. The summed E-state index contributed by atoms with van der Waals surface area (Å²) < 4.78 is 32.0. The van der Waals surface area contributed by atoms with E-state index in [2.05, 4.69) is 19.2 Å². The van der Waals surface area contributed by atoms with Gasteiger partial charge in [-0.25, -0.2) is 8.42 Å². The Kier molecular flexibility index (Phi) is 5.97. The molecule has 9 heteroatoms. The van der Waals surface area contributed by atoms with Gasteiger partial charge in [-0.3, -0.25) is 10.1 Å². The van der Waals surface area contributed by atoms with Crippen LogP contribution >= 0.6 is 0 Å². The number of morpholine rings is 1. The topological polar surface area (TPSA) is 102 Å². The molecule has 1 aliphatic heterocycles. The first kappa shape index (κ1) is 20.2. The molecule has 0 aliphatic carbocycles. The van der Waals surface area contributed by atoms with Gasteiger partial charge in [0.2, 0.25) is 10.0 Å². The maximum absolute atomic E-state index is 12.8. The monoisotopic (exact) mass is 405 g/mol. The molecule has 150 valence electrons. The Morgan fingerprint density at radius 3 is 2.32 bits per heavy atom. The Hall–Kier alpha value is -2.49. The van der Waals surface area contributed by atoms with E-state index in [9.17, 15) is 18.5 Å². The van der Waals surface area contributed by atoms with Crippen LogP contribution in [0.4, 0.5) is 17.1 Å². The van der Waals surface area contributed by atoms with Crippen molar-refractivity contribution in [3.05, 3.63) is 58.1 Å². The fourth-order valence-electron chi connectivity index (χ4n) is 2.97. The van der Waals surface area contributed by atoms with E-state index in [0.717, 1.165) is 11.6 Å². The highest BCUT2D eigenvalue weighted by atomic mass is 32.2. The van der Waals surface area contributed by atoms with Crippen molar-refractivity contribution in [2.45, 2.75) is 24.7 Å². The lowest BCUT2D eigenvalue weighted by Gasteiger charge is -2.26. The van der Waals surface area contributed by atoms with Crippen LogP contribution in [0.2, 0.25) is 0 Å². The van der Waals surface area contributed by atoms with Gasteiger partial charge in [-0.2, -0.15) is 4.31 Å². The van der Waals surface area contributed by atoms with Crippen LogP contribution in [0.3, 0.4) is 0 Å². The van der Waals surface area contributed by atoms with Crippen LogP contribution < -0.4 is 5.32 Å².